The third-order valence-electron chi connectivity index (χ3n) is 3.28. The van der Waals surface area contributed by atoms with Gasteiger partial charge in [-0.15, -0.1) is 12.4 Å². The highest BCUT2D eigenvalue weighted by Crippen LogP contribution is 2.33. The van der Waals surface area contributed by atoms with E-state index in [1.165, 1.54) is 4.90 Å². The number of halogens is 5. The summed E-state index contributed by atoms with van der Waals surface area (Å²) in [5, 5.41) is 2.47. The maximum absolute atomic E-state index is 12.7. The van der Waals surface area contributed by atoms with Gasteiger partial charge in [-0.05, 0) is 31.0 Å². The van der Waals surface area contributed by atoms with E-state index in [4.69, 9.17) is 17.3 Å². The van der Waals surface area contributed by atoms with Crippen LogP contribution in [0.4, 0.5) is 23.7 Å². The molecule has 1 heterocycles. The van der Waals surface area contributed by atoms with E-state index in [2.05, 4.69) is 5.32 Å². The second-order valence-corrected chi connectivity index (χ2v) is 5.38. The van der Waals surface area contributed by atoms with Gasteiger partial charge in [-0.2, -0.15) is 13.2 Å². The first kappa shape index (κ1) is 18.9. The molecule has 1 aromatic rings. The zero-order valence-electron chi connectivity index (χ0n) is 11.5. The molecule has 1 saturated heterocycles. The molecule has 2 amide bonds. The van der Waals surface area contributed by atoms with Crippen LogP contribution in [0.25, 0.3) is 0 Å². The van der Waals surface area contributed by atoms with E-state index in [0.717, 1.165) is 31.0 Å². The van der Waals surface area contributed by atoms with Crippen molar-refractivity contribution in [2.45, 2.75) is 25.1 Å². The summed E-state index contributed by atoms with van der Waals surface area (Å²) in [4.78, 5) is 13.5. The average molecular weight is 358 g/mol. The van der Waals surface area contributed by atoms with E-state index in [0.29, 0.717) is 13.1 Å². The Morgan fingerprint density at radius 3 is 2.68 bits per heavy atom. The molecular weight excluding hydrogens is 342 g/mol. The van der Waals surface area contributed by atoms with Gasteiger partial charge < -0.3 is 16.0 Å². The van der Waals surface area contributed by atoms with Gasteiger partial charge in [0.15, 0.2) is 0 Å². The molecule has 3 N–H and O–H groups in total. The number of carbonyl (C=O) groups is 1. The van der Waals surface area contributed by atoms with Gasteiger partial charge in [0.25, 0.3) is 0 Å². The number of benzene rings is 1. The minimum atomic E-state index is -4.49. The number of nitrogens with one attached hydrogen (secondary N) is 1. The number of alkyl halides is 3. The third-order valence-corrected chi connectivity index (χ3v) is 3.61. The molecule has 22 heavy (non-hydrogen) atoms. The van der Waals surface area contributed by atoms with Crippen LogP contribution in [0.15, 0.2) is 18.2 Å². The number of rotatable bonds is 1. The second-order valence-electron chi connectivity index (χ2n) is 4.97. The number of amides is 2. The summed E-state index contributed by atoms with van der Waals surface area (Å²) in [6.07, 6.45) is -2.89. The Balaban J connectivity index is 0.00000242. The van der Waals surface area contributed by atoms with Crippen LogP contribution < -0.4 is 11.1 Å². The van der Waals surface area contributed by atoms with E-state index >= 15 is 0 Å². The third kappa shape index (κ3) is 4.66. The molecule has 4 nitrogen and oxygen atoms in total. The summed E-state index contributed by atoms with van der Waals surface area (Å²) >= 11 is 5.83. The Hall–Kier alpha value is -1.18. The molecule has 1 aliphatic heterocycles. The van der Waals surface area contributed by atoms with E-state index in [1.54, 1.807) is 0 Å². The Labute approximate surface area is 137 Å². The Kier molecular flexibility index (Phi) is 6.34. The topological polar surface area (TPSA) is 58.4 Å². The quantitative estimate of drug-likeness (QED) is 0.804. The molecule has 1 atom stereocenters. The number of urea groups is 1. The lowest BCUT2D eigenvalue weighted by Gasteiger charge is -2.30. The SMILES string of the molecule is Cl.N[C@@H]1CCCN(C(=O)Nc2cc(C(F)(F)F)ccc2Cl)C1. The van der Waals surface area contributed by atoms with Gasteiger partial charge in [-0.1, -0.05) is 11.6 Å². The van der Waals surface area contributed by atoms with E-state index in [-0.39, 0.29) is 29.2 Å². The normalized spacial score (nSPS) is 18.6. The van der Waals surface area contributed by atoms with Crippen LogP contribution in [-0.4, -0.2) is 30.1 Å². The zero-order valence-corrected chi connectivity index (χ0v) is 13.1. The van der Waals surface area contributed by atoms with Crippen LogP contribution in [0, 0.1) is 0 Å². The van der Waals surface area contributed by atoms with Gasteiger partial charge in [-0.25, -0.2) is 4.79 Å². The molecular formula is C13H16Cl2F3N3O. The fourth-order valence-electron chi connectivity index (χ4n) is 2.19. The van der Waals surface area contributed by atoms with Crippen molar-refractivity contribution in [1.29, 1.82) is 0 Å². The van der Waals surface area contributed by atoms with Crippen molar-refractivity contribution in [2.75, 3.05) is 18.4 Å². The molecule has 0 saturated carbocycles. The lowest BCUT2D eigenvalue weighted by Crippen LogP contribution is -2.47. The fourth-order valence-corrected chi connectivity index (χ4v) is 2.35. The van der Waals surface area contributed by atoms with Crippen molar-refractivity contribution in [3.63, 3.8) is 0 Å². The smallest absolute Gasteiger partial charge is 0.326 e. The highest BCUT2D eigenvalue weighted by molar-refractivity contribution is 6.33. The van der Waals surface area contributed by atoms with Gasteiger partial charge >= 0.3 is 12.2 Å². The minimum Gasteiger partial charge on any atom is -0.326 e. The van der Waals surface area contributed by atoms with Crippen LogP contribution in [0.3, 0.4) is 0 Å². The molecule has 1 aliphatic rings. The van der Waals surface area contributed by atoms with Crippen molar-refractivity contribution in [3.05, 3.63) is 28.8 Å². The van der Waals surface area contributed by atoms with Crippen molar-refractivity contribution in [1.82, 2.24) is 4.90 Å². The number of hydrogen-bond acceptors (Lipinski definition) is 2. The summed E-state index contributed by atoms with van der Waals surface area (Å²) in [5.41, 5.74) is 4.85. The molecule has 0 aromatic heterocycles. The molecule has 2 rings (SSSR count). The van der Waals surface area contributed by atoms with Gasteiger partial charge in [0, 0.05) is 19.1 Å². The largest absolute Gasteiger partial charge is 0.416 e. The molecule has 9 heteroatoms. The maximum Gasteiger partial charge on any atom is 0.416 e. The Morgan fingerprint density at radius 2 is 2.09 bits per heavy atom. The van der Waals surface area contributed by atoms with E-state index < -0.39 is 17.8 Å². The maximum atomic E-state index is 12.7. The standard InChI is InChI=1S/C13H15ClF3N3O.ClH/c14-10-4-3-8(13(15,16)17)6-11(10)19-12(21)20-5-1-2-9(18)7-20;/h3-4,6,9H,1-2,5,7,18H2,(H,19,21);1H/t9-;/m1./s1. The summed E-state index contributed by atoms with van der Waals surface area (Å²) in [5.74, 6) is 0. The minimum absolute atomic E-state index is 0. The predicted molar refractivity (Wildman–Crippen MR) is 81.5 cm³/mol. The highest BCUT2D eigenvalue weighted by Gasteiger charge is 2.31. The first-order chi connectivity index (χ1) is 9.77. The summed E-state index contributed by atoms with van der Waals surface area (Å²) in [6, 6.07) is 2.20. The van der Waals surface area contributed by atoms with Crippen molar-refractivity contribution in [3.8, 4) is 0 Å². The first-order valence-electron chi connectivity index (χ1n) is 6.45. The summed E-state index contributed by atoms with van der Waals surface area (Å²) in [7, 11) is 0. The van der Waals surface area contributed by atoms with Crippen LogP contribution >= 0.6 is 24.0 Å². The zero-order chi connectivity index (χ0) is 15.6. The van der Waals surface area contributed by atoms with Gasteiger partial charge in [0.1, 0.15) is 0 Å². The molecule has 124 valence electrons. The summed E-state index contributed by atoms with van der Waals surface area (Å²) in [6.45, 7) is 0.901. The van der Waals surface area contributed by atoms with E-state index in [9.17, 15) is 18.0 Å². The van der Waals surface area contributed by atoms with Gasteiger partial charge in [0.2, 0.25) is 0 Å². The molecule has 0 spiro atoms. The number of piperidine rings is 1. The lowest BCUT2D eigenvalue weighted by atomic mass is 10.1. The molecule has 1 aromatic carbocycles. The Morgan fingerprint density at radius 1 is 1.41 bits per heavy atom. The number of nitrogens with two attached hydrogens (primary N) is 1. The van der Waals surface area contributed by atoms with Crippen LogP contribution in [-0.2, 0) is 6.18 Å². The number of nitrogens with zero attached hydrogens (tertiary/aromatic N) is 1. The highest BCUT2D eigenvalue weighted by atomic mass is 35.5. The van der Waals surface area contributed by atoms with Crippen molar-refractivity contribution in [2.24, 2.45) is 5.73 Å². The predicted octanol–water partition coefficient (Wildman–Crippen LogP) is 3.74. The number of hydrogen-bond donors (Lipinski definition) is 2. The Bertz CT molecular complexity index is 540. The molecule has 0 unspecified atom stereocenters. The van der Waals surface area contributed by atoms with E-state index in [1.807, 2.05) is 0 Å². The lowest BCUT2D eigenvalue weighted by molar-refractivity contribution is -0.137. The van der Waals surface area contributed by atoms with Crippen LogP contribution in [0.2, 0.25) is 5.02 Å². The number of anilines is 1. The summed E-state index contributed by atoms with van der Waals surface area (Å²) < 4.78 is 38.0. The van der Waals surface area contributed by atoms with Crippen LogP contribution in [0.1, 0.15) is 18.4 Å². The monoisotopic (exact) mass is 357 g/mol. The molecule has 0 bridgehead atoms. The average Bonchev–Trinajstić information content (AvgIpc) is 2.40. The molecule has 1 fully saturated rings. The molecule has 0 aliphatic carbocycles. The first-order valence-corrected chi connectivity index (χ1v) is 6.83. The van der Waals surface area contributed by atoms with Gasteiger partial charge in [0.05, 0.1) is 16.3 Å². The van der Waals surface area contributed by atoms with Crippen molar-refractivity contribution >= 4 is 35.7 Å². The fraction of sp³-hybridized carbons (Fsp3) is 0.462. The number of carbonyl (C=O) groups excluding carboxylic acids is 1. The second kappa shape index (κ2) is 7.39. The number of likely N-dealkylation sites (tertiary alicyclic amines) is 1. The molecule has 0 radical (unpaired) electrons. The van der Waals surface area contributed by atoms with Gasteiger partial charge in [-0.3, -0.25) is 0 Å². The van der Waals surface area contributed by atoms with Crippen molar-refractivity contribution < 1.29 is 18.0 Å². The van der Waals surface area contributed by atoms with Crippen LogP contribution in [0.5, 0.6) is 0 Å².